The van der Waals surface area contributed by atoms with Crippen LogP contribution in [-0.2, 0) is 16.4 Å². The van der Waals surface area contributed by atoms with E-state index in [1.807, 2.05) is 0 Å². The van der Waals surface area contributed by atoms with Crippen molar-refractivity contribution in [3.63, 3.8) is 0 Å². The third kappa shape index (κ3) is 4.09. The first kappa shape index (κ1) is 20.8. The molecule has 3 aromatic rings. The van der Waals surface area contributed by atoms with Crippen LogP contribution in [0.5, 0.6) is 0 Å². The van der Waals surface area contributed by atoms with E-state index in [0.717, 1.165) is 34.4 Å². The Morgan fingerprint density at radius 2 is 1.83 bits per heavy atom. The number of fused-ring (bicyclic) bond motifs is 1. The average molecular weight is 534 g/mol. The molecular formula is C19H12BrCl2FN2O2S2. The number of halogens is 4. The zero-order valence-corrected chi connectivity index (χ0v) is 19.3. The van der Waals surface area contributed by atoms with Crippen LogP contribution in [0.15, 0.2) is 56.8 Å². The zero-order chi connectivity index (χ0) is 20.8. The van der Waals surface area contributed by atoms with Crippen molar-refractivity contribution in [2.45, 2.75) is 11.3 Å². The molecule has 0 radical (unpaired) electrons. The number of nitrogens with one attached hydrogen (secondary N) is 1. The lowest BCUT2D eigenvalue weighted by Gasteiger charge is -2.17. The van der Waals surface area contributed by atoms with E-state index in [4.69, 9.17) is 23.2 Å². The Labute approximate surface area is 189 Å². The number of aliphatic imine (C=N–C) groups is 1. The molecule has 0 aliphatic carbocycles. The Hall–Kier alpha value is -1.45. The highest BCUT2D eigenvalue weighted by Gasteiger charge is 2.26. The highest BCUT2D eigenvalue weighted by atomic mass is 79.9. The van der Waals surface area contributed by atoms with Gasteiger partial charge in [-0.05, 0) is 52.2 Å². The minimum atomic E-state index is -3.93. The third-order valence-corrected chi connectivity index (χ3v) is 9.23. The molecule has 1 aliphatic heterocycles. The number of anilines is 1. The molecule has 10 heteroatoms. The molecule has 2 aromatic carbocycles. The first-order valence-corrected chi connectivity index (χ1v) is 12.2. The van der Waals surface area contributed by atoms with E-state index in [0.29, 0.717) is 17.9 Å². The van der Waals surface area contributed by atoms with Gasteiger partial charge in [-0.3, -0.25) is 9.71 Å². The van der Waals surface area contributed by atoms with Crippen molar-refractivity contribution in [3.8, 4) is 0 Å². The van der Waals surface area contributed by atoms with Gasteiger partial charge in [0.15, 0.2) is 0 Å². The monoisotopic (exact) mass is 532 g/mol. The Bertz CT molecular complexity index is 1240. The summed E-state index contributed by atoms with van der Waals surface area (Å²) >= 11 is 16.1. The molecule has 0 fully saturated rings. The van der Waals surface area contributed by atoms with Gasteiger partial charge in [0, 0.05) is 23.4 Å². The number of nitrogens with zero attached hydrogens (tertiary/aromatic N) is 1. The van der Waals surface area contributed by atoms with Gasteiger partial charge in [0.1, 0.15) is 19.4 Å². The van der Waals surface area contributed by atoms with Crippen molar-refractivity contribution in [3.05, 3.63) is 78.1 Å². The van der Waals surface area contributed by atoms with E-state index in [-0.39, 0.29) is 23.9 Å². The van der Waals surface area contributed by atoms with Crippen LogP contribution in [0.1, 0.15) is 16.7 Å². The van der Waals surface area contributed by atoms with Crippen molar-refractivity contribution in [2.24, 2.45) is 4.99 Å². The maximum absolute atomic E-state index is 13.7. The molecule has 4 nitrogen and oxygen atoms in total. The lowest BCUT2D eigenvalue weighted by atomic mass is 9.93. The largest absolute Gasteiger partial charge is 0.284 e. The van der Waals surface area contributed by atoms with Gasteiger partial charge in [0.2, 0.25) is 0 Å². The predicted octanol–water partition coefficient (Wildman–Crippen LogP) is 6.15. The predicted molar refractivity (Wildman–Crippen MR) is 120 cm³/mol. The van der Waals surface area contributed by atoms with Crippen LogP contribution in [0.25, 0.3) is 0 Å². The lowest BCUT2D eigenvalue weighted by Crippen LogP contribution is -2.15. The van der Waals surface area contributed by atoms with Gasteiger partial charge in [0.25, 0.3) is 10.0 Å². The normalized spacial score (nSPS) is 13.7. The highest BCUT2D eigenvalue weighted by Crippen LogP contribution is 2.43. The third-order valence-electron chi connectivity index (χ3n) is 4.39. The van der Waals surface area contributed by atoms with Crippen molar-refractivity contribution in [1.82, 2.24) is 0 Å². The maximum atomic E-state index is 13.7. The van der Waals surface area contributed by atoms with E-state index < -0.39 is 10.0 Å². The van der Waals surface area contributed by atoms with E-state index in [1.54, 1.807) is 30.3 Å². The van der Waals surface area contributed by atoms with Crippen molar-refractivity contribution < 1.29 is 12.8 Å². The summed E-state index contributed by atoms with van der Waals surface area (Å²) in [5.41, 5.74) is 3.62. The smallest absolute Gasteiger partial charge is 0.265 e. The van der Waals surface area contributed by atoms with E-state index in [2.05, 4.69) is 25.6 Å². The average Bonchev–Trinajstić information content (AvgIpc) is 2.94. The molecule has 1 aromatic heterocycles. The van der Waals surface area contributed by atoms with Crippen molar-refractivity contribution in [1.29, 1.82) is 0 Å². The molecule has 0 saturated heterocycles. The molecule has 1 aliphatic rings. The Morgan fingerprint density at radius 1 is 1.10 bits per heavy atom. The van der Waals surface area contributed by atoms with Gasteiger partial charge in [-0.1, -0.05) is 41.4 Å². The Balaban J connectivity index is 1.63. The van der Waals surface area contributed by atoms with Crippen LogP contribution < -0.4 is 4.72 Å². The number of hydrogen-bond acceptors (Lipinski definition) is 4. The quantitative estimate of drug-likeness (QED) is 0.437. The number of thiophene rings is 1. The summed E-state index contributed by atoms with van der Waals surface area (Å²) in [7, 11) is -3.93. The Morgan fingerprint density at radius 3 is 2.48 bits per heavy atom. The summed E-state index contributed by atoms with van der Waals surface area (Å²) < 4.78 is 42.2. The van der Waals surface area contributed by atoms with Gasteiger partial charge in [0.05, 0.1) is 10.2 Å². The van der Waals surface area contributed by atoms with Gasteiger partial charge in [-0.25, -0.2) is 12.8 Å². The number of hydrogen-bond donors (Lipinski definition) is 1. The van der Waals surface area contributed by atoms with Gasteiger partial charge in [-0.15, -0.1) is 11.3 Å². The minimum absolute atomic E-state index is 0.0705. The fourth-order valence-electron chi connectivity index (χ4n) is 3.08. The van der Waals surface area contributed by atoms with E-state index >= 15 is 0 Å². The molecule has 4 rings (SSSR count). The second-order valence-corrected chi connectivity index (χ2v) is 10.9. The van der Waals surface area contributed by atoms with Crippen LogP contribution in [0, 0.1) is 5.82 Å². The van der Waals surface area contributed by atoms with Gasteiger partial charge >= 0.3 is 0 Å². The fraction of sp³-hybridized carbons (Fsp3) is 0.105. The minimum Gasteiger partial charge on any atom is -0.284 e. The van der Waals surface area contributed by atoms with Crippen LogP contribution in [0.2, 0.25) is 8.67 Å². The zero-order valence-electron chi connectivity index (χ0n) is 14.5. The van der Waals surface area contributed by atoms with Gasteiger partial charge in [-0.2, -0.15) is 0 Å². The van der Waals surface area contributed by atoms with Crippen LogP contribution in [0.4, 0.5) is 10.1 Å². The maximum Gasteiger partial charge on any atom is 0.265 e. The molecule has 0 spiro atoms. The molecule has 1 N–H and O–H groups in total. The molecule has 0 unspecified atom stereocenters. The number of benzene rings is 2. The summed E-state index contributed by atoms with van der Waals surface area (Å²) in [4.78, 5) is 4.44. The van der Waals surface area contributed by atoms with Crippen LogP contribution >= 0.6 is 50.5 Å². The summed E-state index contributed by atoms with van der Waals surface area (Å²) in [6.07, 6.45) is 0.760. The van der Waals surface area contributed by atoms with Crippen LogP contribution in [-0.4, -0.2) is 20.7 Å². The standard InChI is InChI=1S/C19H12BrCl2FN2O2S2/c20-15-17(19(22)28-18(15)21)29(26,27)25-13-5-2-11(3-6-13)16-14-9-12(23)4-1-10(14)7-8-24-16/h1-6,9,25H,7-8H2. The van der Waals surface area contributed by atoms with Crippen molar-refractivity contribution >= 4 is 71.9 Å². The molecule has 0 saturated carbocycles. The summed E-state index contributed by atoms with van der Waals surface area (Å²) in [5, 5.41) is 0. The Kier molecular flexibility index (Phi) is 5.74. The lowest BCUT2D eigenvalue weighted by molar-refractivity contribution is 0.601. The highest BCUT2D eigenvalue weighted by molar-refractivity contribution is 9.10. The molecule has 150 valence electrons. The summed E-state index contributed by atoms with van der Waals surface area (Å²) in [6.45, 7) is 0.619. The summed E-state index contributed by atoms with van der Waals surface area (Å²) in [6, 6.07) is 11.4. The molecular weight excluding hydrogens is 522 g/mol. The second kappa shape index (κ2) is 8.00. The first-order valence-electron chi connectivity index (χ1n) is 8.36. The van der Waals surface area contributed by atoms with E-state index in [9.17, 15) is 12.8 Å². The topological polar surface area (TPSA) is 58.5 Å². The SMILES string of the molecule is O=S(=O)(Nc1ccc(C2=NCCc3ccc(F)cc32)cc1)c1c(Cl)sc(Cl)c1Br. The van der Waals surface area contributed by atoms with Crippen molar-refractivity contribution in [2.75, 3.05) is 11.3 Å². The first-order chi connectivity index (χ1) is 13.8. The second-order valence-electron chi connectivity index (χ2n) is 6.26. The molecule has 0 atom stereocenters. The van der Waals surface area contributed by atoms with E-state index in [1.165, 1.54) is 12.1 Å². The van der Waals surface area contributed by atoms with Gasteiger partial charge < -0.3 is 0 Å². The molecule has 29 heavy (non-hydrogen) atoms. The number of rotatable bonds is 4. The van der Waals surface area contributed by atoms with Crippen LogP contribution in [0.3, 0.4) is 0 Å². The molecule has 0 bridgehead atoms. The molecule has 0 amide bonds. The number of sulfonamides is 1. The summed E-state index contributed by atoms with van der Waals surface area (Å²) in [5.74, 6) is -0.320. The fourth-order valence-corrected chi connectivity index (χ4v) is 7.70. The molecule has 2 heterocycles.